The van der Waals surface area contributed by atoms with Crippen molar-refractivity contribution in [2.45, 2.75) is 23.5 Å². The number of benzene rings is 2. The number of carbonyl (C=O) groups is 2. The van der Waals surface area contributed by atoms with Gasteiger partial charge in [-0.05, 0) is 48.0 Å². The van der Waals surface area contributed by atoms with Crippen molar-refractivity contribution in [3.63, 3.8) is 0 Å². The number of anilines is 2. The van der Waals surface area contributed by atoms with E-state index in [2.05, 4.69) is 15.0 Å². The highest BCUT2D eigenvalue weighted by atomic mass is 35.5. The first-order chi connectivity index (χ1) is 16.1. The van der Waals surface area contributed by atoms with E-state index in [-0.39, 0.29) is 34.6 Å². The molecule has 1 aliphatic heterocycles. The minimum Gasteiger partial charge on any atom is -0.372 e. The molecule has 1 aromatic heterocycles. The summed E-state index contributed by atoms with van der Waals surface area (Å²) in [5.74, 6) is -2.35. The number of hydrogen-bond donors (Lipinski definition) is 3. The molecule has 9 nitrogen and oxygen atoms in total. The van der Waals surface area contributed by atoms with Gasteiger partial charge in [0.25, 0.3) is 21.8 Å². The summed E-state index contributed by atoms with van der Waals surface area (Å²) < 4.78 is 40.8. The molecule has 2 heterocycles. The van der Waals surface area contributed by atoms with E-state index >= 15 is 0 Å². The Bertz CT molecular complexity index is 1320. The number of aliphatic hydroxyl groups is 1. The van der Waals surface area contributed by atoms with Gasteiger partial charge in [0.05, 0.1) is 4.90 Å². The Morgan fingerprint density at radius 2 is 2.00 bits per heavy atom. The lowest BCUT2D eigenvalue weighted by molar-refractivity contribution is -0.149. The molecule has 0 radical (unpaired) electrons. The highest BCUT2D eigenvalue weighted by molar-refractivity contribution is 7.93. The van der Waals surface area contributed by atoms with E-state index in [9.17, 15) is 27.5 Å². The Labute approximate surface area is 203 Å². The molecule has 13 heteroatoms. The molecule has 178 valence electrons. The zero-order chi connectivity index (χ0) is 24.5. The summed E-state index contributed by atoms with van der Waals surface area (Å²) in [6.07, 6.45) is 1.29. The fourth-order valence-electron chi connectivity index (χ4n) is 3.46. The molecule has 0 spiro atoms. The molecule has 2 amide bonds. The summed E-state index contributed by atoms with van der Waals surface area (Å²) in [4.78, 5) is 30.5. The molecule has 0 bridgehead atoms. The number of nitrogens with one attached hydrogen (secondary N) is 2. The Morgan fingerprint density at radius 1 is 1.26 bits per heavy atom. The topological polar surface area (TPSA) is 129 Å². The number of halogens is 2. The van der Waals surface area contributed by atoms with Crippen LogP contribution in [0.1, 0.15) is 12.0 Å². The summed E-state index contributed by atoms with van der Waals surface area (Å²) in [7, 11) is -3.87. The average molecular weight is 525 g/mol. The van der Waals surface area contributed by atoms with E-state index < -0.39 is 33.3 Å². The standard InChI is InChI=1S/C21H18ClFN4O5S2/c22-14-9-13(10-15(23)11-14)12-25-18(28)21(30)5-7-27(19(21)29)16-1-3-17(4-2-16)34(31,32)26-20-24-6-8-33-20/h1-4,6,8-11,30H,5,7,12H2,(H,24,26)(H,25,28). The Kier molecular flexibility index (Phi) is 6.58. The van der Waals surface area contributed by atoms with Gasteiger partial charge in [-0.1, -0.05) is 11.6 Å². The van der Waals surface area contributed by atoms with E-state index in [0.29, 0.717) is 11.3 Å². The van der Waals surface area contributed by atoms with Crippen molar-refractivity contribution >= 4 is 55.6 Å². The van der Waals surface area contributed by atoms with Gasteiger partial charge in [-0.25, -0.2) is 17.8 Å². The molecule has 4 rings (SSSR count). The highest BCUT2D eigenvalue weighted by Gasteiger charge is 2.51. The van der Waals surface area contributed by atoms with Crippen molar-refractivity contribution < 1.29 is 27.5 Å². The molecular formula is C21H18ClFN4O5S2. The van der Waals surface area contributed by atoms with Crippen molar-refractivity contribution in [1.29, 1.82) is 0 Å². The van der Waals surface area contributed by atoms with Gasteiger partial charge in [-0.2, -0.15) is 0 Å². The summed E-state index contributed by atoms with van der Waals surface area (Å²) in [5.41, 5.74) is -1.62. The fraction of sp³-hybridized carbons (Fsp3) is 0.190. The van der Waals surface area contributed by atoms with Gasteiger partial charge in [0.1, 0.15) is 5.82 Å². The van der Waals surface area contributed by atoms with Gasteiger partial charge in [-0.3, -0.25) is 14.3 Å². The van der Waals surface area contributed by atoms with Crippen LogP contribution in [0.15, 0.2) is 58.9 Å². The molecule has 0 aliphatic carbocycles. The van der Waals surface area contributed by atoms with E-state index in [0.717, 1.165) is 17.4 Å². The molecule has 1 unspecified atom stereocenters. The molecule has 1 atom stereocenters. The van der Waals surface area contributed by atoms with E-state index in [1.54, 1.807) is 5.38 Å². The molecule has 0 saturated carbocycles. The van der Waals surface area contributed by atoms with Crippen molar-refractivity contribution in [3.05, 3.63) is 70.4 Å². The number of carbonyl (C=O) groups excluding carboxylic acids is 2. The second-order valence-corrected chi connectivity index (χ2v) is 10.5. The van der Waals surface area contributed by atoms with Gasteiger partial charge < -0.3 is 15.3 Å². The van der Waals surface area contributed by atoms with Crippen molar-refractivity contribution in [2.75, 3.05) is 16.2 Å². The van der Waals surface area contributed by atoms with Crippen LogP contribution in [0.3, 0.4) is 0 Å². The minimum atomic E-state index is -3.87. The highest BCUT2D eigenvalue weighted by Crippen LogP contribution is 2.30. The lowest BCUT2D eigenvalue weighted by Gasteiger charge is -2.22. The predicted octanol–water partition coefficient (Wildman–Crippen LogP) is 2.52. The second kappa shape index (κ2) is 9.29. The number of sulfonamides is 1. The Morgan fingerprint density at radius 3 is 2.65 bits per heavy atom. The second-order valence-electron chi connectivity index (χ2n) is 7.46. The molecular weight excluding hydrogens is 507 g/mol. The summed E-state index contributed by atoms with van der Waals surface area (Å²) in [6.45, 7) is -0.0947. The maximum Gasteiger partial charge on any atom is 0.268 e. The first-order valence-electron chi connectivity index (χ1n) is 9.88. The third kappa shape index (κ3) is 4.89. The van der Waals surface area contributed by atoms with Crippen LogP contribution in [-0.4, -0.2) is 42.5 Å². The lowest BCUT2D eigenvalue weighted by Crippen LogP contribution is -2.52. The van der Waals surface area contributed by atoms with Crippen molar-refractivity contribution in [2.24, 2.45) is 0 Å². The smallest absolute Gasteiger partial charge is 0.268 e. The Balaban J connectivity index is 1.44. The number of nitrogens with zero attached hydrogens (tertiary/aromatic N) is 2. The zero-order valence-electron chi connectivity index (χ0n) is 17.4. The van der Waals surface area contributed by atoms with E-state index in [1.807, 2.05) is 0 Å². The number of hydrogen-bond acceptors (Lipinski definition) is 7. The number of aromatic nitrogens is 1. The summed E-state index contributed by atoms with van der Waals surface area (Å²) in [6, 6.07) is 9.19. The summed E-state index contributed by atoms with van der Waals surface area (Å²) in [5, 5.41) is 15.2. The minimum absolute atomic E-state index is 0.0397. The maximum absolute atomic E-state index is 13.5. The van der Waals surface area contributed by atoms with Gasteiger partial charge in [0.2, 0.25) is 5.60 Å². The Hall–Kier alpha value is -3.06. The van der Waals surface area contributed by atoms with Crippen LogP contribution < -0.4 is 14.9 Å². The quantitative estimate of drug-likeness (QED) is 0.407. The average Bonchev–Trinajstić information content (AvgIpc) is 3.39. The van der Waals surface area contributed by atoms with Crippen LogP contribution in [0.2, 0.25) is 5.02 Å². The molecule has 2 aromatic carbocycles. The molecule has 3 N–H and O–H groups in total. The van der Waals surface area contributed by atoms with Crippen molar-refractivity contribution in [3.8, 4) is 0 Å². The molecule has 1 saturated heterocycles. The third-order valence-electron chi connectivity index (χ3n) is 5.16. The maximum atomic E-state index is 13.5. The fourth-order valence-corrected chi connectivity index (χ4v) is 5.49. The normalized spacial score (nSPS) is 18.2. The van der Waals surface area contributed by atoms with Gasteiger partial charge in [0.15, 0.2) is 5.13 Å². The van der Waals surface area contributed by atoms with Gasteiger partial charge in [-0.15, -0.1) is 11.3 Å². The molecule has 3 aromatic rings. The van der Waals surface area contributed by atoms with Gasteiger partial charge >= 0.3 is 0 Å². The van der Waals surface area contributed by atoms with Crippen LogP contribution >= 0.6 is 22.9 Å². The van der Waals surface area contributed by atoms with Gasteiger partial charge in [0, 0.05) is 41.8 Å². The third-order valence-corrected chi connectivity index (χ3v) is 7.55. The SMILES string of the molecule is O=C(NCc1cc(F)cc(Cl)c1)C1(O)CCN(c2ccc(S(=O)(=O)Nc3nccs3)cc2)C1=O. The molecule has 1 fully saturated rings. The first kappa shape index (κ1) is 24.1. The van der Waals surface area contributed by atoms with Crippen LogP contribution in [0.4, 0.5) is 15.2 Å². The van der Waals surface area contributed by atoms with Crippen LogP contribution in [0, 0.1) is 5.82 Å². The molecule has 34 heavy (non-hydrogen) atoms. The lowest BCUT2D eigenvalue weighted by atomic mass is 10.0. The van der Waals surface area contributed by atoms with Crippen molar-refractivity contribution in [1.82, 2.24) is 10.3 Å². The van der Waals surface area contributed by atoms with Crippen LogP contribution in [-0.2, 0) is 26.2 Å². The monoisotopic (exact) mass is 524 g/mol. The number of rotatable bonds is 7. The summed E-state index contributed by atoms with van der Waals surface area (Å²) >= 11 is 6.93. The predicted molar refractivity (Wildman–Crippen MR) is 125 cm³/mol. The van der Waals surface area contributed by atoms with Crippen LogP contribution in [0.25, 0.3) is 0 Å². The molecule has 1 aliphatic rings. The first-order valence-corrected chi connectivity index (χ1v) is 12.6. The van der Waals surface area contributed by atoms with Crippen LogP contribution in [0.5, 0.6) is 0 Å². The number of thiazole rings is 1. The van der Waals surface area contributed by atoms with E-state index in [1.165, 1.54) is 47.5 Å². The number of amides is 2. The van der Waals surface area contributed by atoms with E-state index in [4.69, 9.17) is 11.6 Å². The zero-order valence-corrected chi connectivity index (χ0v) is 19.8. The largest absolute Gasteiger partial charge is 0.372 e.